The molecule has 2 aromatic carbocycles. The Hall–Kier alpha value is -3.27. The molecule has 4 heteroatoms. The van der Waals surface area contributed by atoms with Gasteiger partial charge in [-0.05, 0) is 89.1 Å². The Morgan fingerprint density at radius 3 is 2.16 bits per heavy atom. The van der Waals surface area contributed by atoms with Gasteiger partial charge < -0.3 is 14.2 Å². The van der Waals surface area contributed by atoms with E-state index in [4.69, 9.17) is 14.2 Å². The number of carbonyl (C=O) groups excluding carboxylic acids is 1. The number of hydrogen-bond donors (Lipinski definition) is 0. The second kappa shape index (κ2) is 11.2. The van der Waals surface area contributed by atoms with Crippen molar-refractivity contribution in [1.82, 2.24) is 0 Å². The molecule has 31 heavy (non-hydrogen) atoms. The van der Waals surface area contributed by atoms with Gasteiger partial charge >= 0.3 is 0 Å². The minimum absolute atomic E-state index is 0.0131. The molecule has 0 spiro atoms. The van der Waals surface area contributed by atoms with Crippen molar-refractivity contribution in [2.24, 2.45) is 0 Å². The van der Waals surface area contributed by atoms with E-state index in [1.165, 1.54) is 0 Å². The first-order valence-electron chi connectivity index (χ1n) is 10.5. The summed E-state index contributed by atoms with van der Waals surface area (Å²) in [5, 5.41) is 0. The zero-order valence-corrected chi connectivity index (χ0v) is 19.1. The summed E-state index contributed by atoms with van der Waals surface area (Å²) in [6, 6.07) is 10.9. The lowest BCUT2D eigenvalue weighted by Crippen LogP contribution is -2.10. The fourth-order valence-electron chi connectivity index (χ4n) is 2.94. The van der Waals surface area contributed by atoms with Gasteiger partial charge in [0, 0.05) is 17.2 Å². The van der Waals surface area contributed by atoms with Crippen molar-refractivity contribution >= 4 is 11.9 Å². The first-order valence-corrected chi connectivity index (χ1v) is 10.5. The molecule has 0 bridgehead atoms. The molecule has 0 aromatic heterocycles. The number of benzene rings is 2. The predicted octanol–water partition coefficient (Wildman–Crippen LogP) is 6.80. The second-order valence-electron chi connectivity index (χ2n) is 7.85. The summed E-state index contributed by atoms with van der Waals surface area (Å²) in [5.41, 5.74) is 2.38. The molecule has 164 valence electrons. The minimum Gasteiger partial charge on any atom is -0.491 e. The van der Waals surface area contributed by atoms with Crippen molar-refractivity contribution in [2.45, 2.75) is 53.2 Å². The first-order chi connectivity index (χ1) is 14.7. The Bertz CT molecular complexity index is 950. The van der Waals surface area contributed by atoms with E-state index in [-0.39, 0.29) is 18.0 Å². The molecule has 0 amide bonds. The zero-order chi connectivity index (χ0) is 23.0. The van der Waals surface area contributed by atoms with E-state index in [0.29, 0.717) is 29.2 Å². The Kier molecular flexibility index (Phi) is 8.68. The largest absolute Gasteiger partial charge is 0.491 e. The van der Waals surface area contributed by atoms with Gasteiger partial charge in [-0.2, -0.15) is 0 Å². The molecule has 2 rings (SSSR count). The molecular weight excluding hydrogens is 388 g/mol. The fourth-order valence-corrected chi connectivity index (χ4v) is 2.94. The molecule has 0 saturated heterocycles. The van der Waals surface area contributed by atoms with Gasteiger partial charge in [0.1, 0.15) is 17.2 Å². The summed E-state index contributed by atoms with van der Waals surface area (Å²) >= 11 is 0. The van der Waals surface area contributed by atoms with Crippen molar-refractivity contribution in [3.8, 4) is 17.2 Å². The van der Waals surface area contributed by atoms with Gasteiger partial charge in [-0.1, -0.05) is 12.7 Å². The summed E-state index contributed by atoms with van der Waals surface area (Å²) in [6.45, 7) is 17.2. The average Bonchev–Trinajstić information content (AvgIpc) is 2.68. The molecule has 0 aliphatic carbocycles. The summed E-state index contributed by atoms with van der Waals surface area (Å²) in [6.07, 6.45) is 5.85. The lowest BCUT2D eigenvalue weighted by Gasteiger charge is -2.19. The molecule has 0 heterocycles. The molecular formula is C27H32O4. The number of ketones is 1. The quantitative estimate of drug-likeness (QED) is 0.174. The summed E-state index contributed by atoms with van der Waals surface area (Å²) in [5.74, 6) is 2.58. The number of rotatable bonds is 11. The van der Waals surface area contributed by atoms with Gasteiger partial charge in [0.2, 0.25) is 0 Å². The van der Waals surface area contributed by atoms with Crippen LogP contribution in [0.1, 0.15) is 56.1 Å². The summed E-state index contributed by atoms with van der Waals surface area (Å²) < 4.78 is 17.4. The summed E-state index contributed by atoms with van der Waals surface area (Å²) in [4.78, 5) is 12.7. The lowest BCUT2D eigenvalue weighted by molar-refractivity contribution is 0.104. The van der Waals surface area contributed by atoms with Crippen LogP contribution in [0.2, 0.25) is 0 Å². The number of allylic oxidation sites excluding steroid dienone is 3. The van der Waals surface area contributed by atoms with E-state index in [2.05, 4.69) is 13.2 Å². The van der Waals surface area contributed by atoms with Crippen molar-refractivity contribution < 1.29 is 19.0 Å². The van der Waals surface area contributed by atoms with Crippen LogP contribution >= 0.6 is 0 Å². The van der Waals surface area contributed by atoms with Gasteiger partial charge in [0.15, 0.2) is 5.78 Å². The van der Waals surface area contributed by atoms with Crippen LogP contribution in [0, 0.1) is 0 Å². The highest BCUT2D eigenvalue weighted by molar-refractivity contribution is 6.07. The Balaban J connectivity index is 2.34. The van der Waals surface area contributed by atoms with Gasteiger partial charge in [-0.15, -0.1) is 6.58 Å². The molecule has 0 unspecified atom stereocenters. The molecule has 0 N–H and O–H groups in total. The van der Waals surface area contributed by atoms with Crippen LogP contribution < -0.4 is 14.2 Å². The molecule has 0 radical (unpaired) electrons. The highest BCUT2D eigenvalue weighted by Gasteiger charge is 2.13. The van der Waals surface area contributed by atoms with Crippen molar-refractivity contribution in [2.75, 3.05) is 0 Å². The van der Waals surface area contributed by atoms with Gasteiger partial charge in [-0.3, -0.25) is 4.79 Å². The van der Waals surface area contributed by atoms with Gasteiger partial charge in [0.05, 0.1) is 18.0 Å². The molecule has 0 aliphatic rings. The van der Waals surface area contributed by atoms with Gasteiger partial charge in [-0.25, -0.2) is 0 Å². The predicted molar refractivity (Wildman–Crippen MR) is 127 cm³/mol. The third kappa shape index (κ3) is 7.49. The van der Waals surface area contributed by atoms with E-state index in [9.17, 15) is 4.79 Å². The Morgan fingerprint density at radius 2 is 1.61 bits per heavy atom. The van der Waals surface area contributed by atoms with E-state index in [1.807, 2.05) is 45.9 Å². The lowest BCUT2D eigenvalue weighted by atomic mass is 10.0. The van der Waals surface area contributed by atoms with Crippen molar-refractivity contribution in [3.63, 3.8) is 0 Å². The molecule has 0 aliphatic heterocycles. The van der Waals surface area contributed by atoms with E-state index in [1.54, 1.807) is 43.3 Å². The van der Waals surface area contributed by atoms with Crippen LogP contribution in [0.4, 0.5) is 0 Å². The van der Waals surface area contributed by atoms with E-state index in [0.717, 1.165) is 16.9 Å². The first kappa shape index (κ1) is 24.0. The number of ether oxygens (including phenoxy) is 3. The highest BCUT2D eigenvalue weighted by Crippen LogP contribution is 2.32. The standard InChI is InChI=1S/C27H32O4/c1-8-9-22-16-23(27(31-20(6)7)17-26(22)30-19(4)5)12-15-25(28)21-10-13-24(14-11-21)29-18(2)3/h8,10-17,19-20H,1-2,9H2,3-7H3/b15-12+. The van der Waals surface area contributed by atoms with Crippen LogP contribution in [0.15, 0.2) is 67.5 Å². The normalized spacial score (nSPS) is 11.1. The van der Waals surface area contributed by atoms with Crippen LogP contribution in [0.25, 0.3) is 6.08 Å². The Labute approximate surface area is 185 Å². The number of hydrogen-bond acceptors (Lipinski definition) is 4. The molecule has 0 saturated carbocycles. The topological polar surface area (TPSA) is 44.8 Å². The van der Waals surface area contributed by atoms with E-state index < -0.39 is 0 Å². The fraction of sp³-hybridized carbons (Fsp3) is 0.296. The minimum atomic E-state index is -0.106. The monoisotopic (exact) mass is 420 g/mol. The van der Waals surface area contributed by atoms with Crippen LogP contribution in [-0.2, 0) is 6.42 Å². The second-order valence-corrected chi connectivity index (χ2v) is 7.85. The summed E-state index contributed by atoms with van der Waals surface area (Å²) in [7, 11) is 0. The maximum Gasteiger partial charge on any atom is 0.185 e. The molecule has 0 atom stereocenters. The molecule has 2 aromatic rings. The smallest absolute Gasteiger partial charge is 0.185 e. The third-order valence-electron chi connectivity index (χ3n) is 4.13. The maximum absolute atomic E-state index is 12.7. The van der Waals surface area contributed by atoms with Crippen LogP contribution in [0.3, 0.4) is 0 Å². The van der Waals surface area contributed by atoms with E-state index >= 15 is 0 Å². The maximum atomic E-state index is 12.7. The van der Waals surface area contributed by atoms with Crippen LogP contribution in [-0.4, -0.2) is 18.0 Å². The highest BCUT2D eigenvalue weighted by atomic mass is 16.5. The SMILES string of the molecule is C=CCc1cc(/C=C/C(=O)c2ccc(OC(=C)C)cc2)c(OC(C)C)cc1OC(C)C. The average molecular weight is 421 g/mol. The van der Waals surface area contributed by atoms with Crippen molar-refractivity contribution in [1.29, 1.82) is 0 Å². The third-order valence-corrected chi connectivity index (χ3v) is 4.13. The van der Waals surface area contributed by atoms with Crippen molar-refractivity contribution in [3.05, 3.63) is 84.2 Å². The number of carbonyl (C=O) groups is 1. The van der Waals surface area contributed by atoms with Crippen LogP contribution in [0.5, 0.6) is 17.2 Å². The van der Waals surface area contributed by atoms with Gasteiger partial charge in [0.25, 0.3) is 0 Å². The zero-order valence-electron chi connectivity index (χ0n) is 19.1. The molecule has 4 nitrogen and oxygen atoms in total. The Morgan fingerprint density at radius 1 is 1.00 bits per heavy atom. The molecule has 0 fully saturated rings.